The van der Waals surface area contributed by atoms with Gasteiger partial charge in [-0.25, -0.2) is 9.97 Å². The largest absolute Gasteiger partial charge is 0.491 e. The van der Waals surface area contributed by atoms with Crippen LogP contribution in [0.5, 0.6) is 5.75 Å². The first kappa shape index (κ1) is 21.6. The Morgan fingerprint density at radius 3 is 2.88 bits per heavy atom. The molecule has 1 saturated carbocycles. The van der Waals surface area contributed by atoms with Gasteiger partial charge in [0.05, 0.1) is 23.9 Å². The molecule has 0 aromatic carbocycles. The molecule has 2 aromatic heterocycles. The van der Waals surface area contributed by atoms with Gasteiger partial charge < -0.3 is 30.5 Å². The number of carbonyl (C=O) groups excluding carboxylic acids is 2. The predicted octanol–water partition coefficient (Wildman–Crippen LogP) is 0.663. The third kappa shape index (κ3) is 4.62. The molecule has 10 heteroatoms. The number of aliphatic hydroxyl groups excluding tert-OH is 2. The number of aromatic nitrogens is 2. The van der Waals surface area contributed by atoms with Crippen LogP contribution in [-0.4, -0.2) is 70.4 Å². The summed E-state index contributed by atoms with van der Waals surface area (Å²) in [5, 5.41) is 24.2. The van der Waals surface area contributed by atoms with Gasteiger partial charge in [-0.05, 0) is 43.4 Å². The number of pyridine rings is 2. The number of hydrogen-bond acceptors (Lipinski definition) is 8. The fourth-order valence-electron chi connectivity index (χ4n) is 4.44. The van der Waals surface area contributed by atoms with Gasteiger partial charge in [-0.2, -0.15) is 0 Å². The molecule has 0 radical (unpaired) electrons. The lowest BCUT2D eigenvalue weighted by Crippen LogP contribution is -2.37. The number of nitrogens with zero attached hydrogens (tertiary/aromatic N) is 3. The Bertz CT molecular complexity index is 1060. The van der Waals surface area contributed by atoms with Crippen molar-refractivity contribution in [1.29, 1.82) is 0 Å². The van der Waals surface area contributed by atoms with Gasteiger partial charge >= 0.3 is 0 Å². The van der Waals surface area contributed by atoms with Crippen molar-refractivity contribution in [3.05, 3.63) is 41.9 Å². The van der Waals surface area contributed by atoms with Gasteiger partial charge in [0.15, 0.2) is 0 Å². The van der Waals surface area contributed by atoms with Crippen molar-refractivity contribution in [1.82, 2.24) is 15.3 Å². The Kier molecular flexibility index (Phi) is 5.86. The van der Waals surface area contributed by atoms with E-state index < -0.39 is 18.6 Å². The molecule has 2 aromatic rings. The maximum atomic E-state index is 13.4. The lowest BCUT2D eigenvalue weighted by Gasteiger charge is -2.32. The summed E-state index contributed by atoms with van der Waals surface area (Å²) in [4.78, 5) is 37.0. The number of nitrogens with one attached hydrogen (secondary N) is 2. The molecule has 4 N–H and O–H groups in total. The summed E-state index contributed by atoms with van der Waals surface area (Å²) in [6, 6.07) is 7.03. The predicted molar refractivity (Wildman–Crippen MR) is 119 cm³/mol. The highest BCUT2D eigenvalue weighted by molar-refractivity contribution is 5.98. The van der Waals surface area contributed by atoms with Crippen LogP contribution in [0.4, 0.5) is 11.5 Å². The number of hydrogen-bond donors (Lipinski definition) is 4. The second kappa shape index (κ2) is 8.95. The molecule has 2 bridgehead atoms. The van der Waals surface area contributed by atoms with Crippen molar-refractivity contribution in [3.8, 4) is 5.75 Å². The SMILES string of the molecule is O=C(NC1CC1)c1ccc2c(n1)C(C(=O)Nc1cc(OC[C@H](O)CO)ccn1)[C@H]1CCN2C1. The van der Waals surface area contributed by atoms with Gasteiger partial charge in [0, 0.05) is 31.4 Å². The third-order valence-corrected chi connectivity index (χ3v) is 6.30. The Morgan fingerprint density at radius 2 is 2.09 bits per heavy atom. The van der Waals surface area contributed by atoms with Gasteiger partial charge in [0.25, 0.3) is 5.91 Å². The standard InChI is InChI=1S/C23H27N5O5/c29-11-15(30)12-33-16-5-7-24-19(9-16)27-23(32)20-13-6-8-28(10-13)18-4-3-17(26-21(18)20)22(31)25-14-1-2-14/h3-5,7,9,13-15,20,29-30H,1-2,6,8,10-12H2,(H,25,31)(H,24,27,32)/t13-,15+,20?/m0/s1. The molecule has 0 spiro atoms. The van der Waals surface area contributed by atoms with Crippen molar-refractivity contribution in [3.63, 3.8) is 0 Å². The number of carbonyl (C=O) groups is 2. The van der Waals surface area contributed by atoms with Crippen LogP contribution in [0, 0.1) is 5.92 Å². The number of fused-ring (bicyclic) bond motifs is 4. The van der Waals surface area contributed by atoms with Crippen LogP contribution in [0.1, 0.15) is 41.4 Å². The van der Waals surface area contributed by atoms with Crippen molar-refractivity contribution in [2.45, 2.75) is 37.3 Å². The van der Waals surface area contributed by atoms with Gasteiger partial charge in [0.1, 0.15) is 30.0 Å². The van der Waals surface area contributed by atoms with Crippen LogP contribution in [0.25, 0.3) is 0 Å². The van der Waals surface area contributed by atoms with Crippen LogP contribution in [0.3, 0.4) is 0 Å². The molecular formula is C23H27N5O5. The zero-order valence-electron chi connectivity index (χ0n) is 18.1. The zero-order chi connectivity index (χ0) is 22.9. The lowest BCUT2D eigenvalue weighted by molar-refractivity contribution is -0.118. The fourth-order valence-corrected chi connectivity index (χ4v) is 4.44. The van der Waals surface area contributed by atoms with E-state index in [1.165, 1.54) is 6.20 Å². The second-order valence-corrected chi connectivity index (χ2v) is 8.83. The number of amides is 2. The van der Waals surface area contributed by atoms with E-state index in [-0.39, 0.29) is 30.4 Å². The third-order valence-electron chi connectivity index (χ3n) is 6.30. The molecule has 4 heterocycles. The molecule has 174 valence electrons. The van der Waals surface area contributed by atoms with Gasteiger partial charge in [-0.1, -0.05) is 0 Å². The van der Waals surface area contributed by atoms with E-state index in [0.717, 1.165) is 38.0 Å². The number of ether oxygens (including phenoxy) is 1. The second-order valence-electron chi connectivity index (χ2n) is 8.83. The highest BCUT2D eigenvalue weighted by Crippen LogP contribution is 2.43. The molecule has 33 heavy (non-hydrogen) atoms. The first-order chi connectivity index (χ1) is 16.0. The van der Waals surface area contributed by atoms with Crippen molar-refractivity contribution >= 4 is 23.3 Å². The average molecular weight is 453 g/mol. The molecule has 2 amide bonds. The van der Waals surface area contributed by atoms with E-state index in [0.29, 0.717) is 23.0 Å². The van der Waals surface area contributed by atoms with Crippen molar-refractivity contribution < 1.29 is 24.5 Å². The summed E-state index contributed by atoms with van der Waals surface area (Å²) in [7, 11) is 0. The first-order valence-corrected chi connectivity index (χ1v) is 11.3. The normalized spacial score (nSPS) is 21.8. The average Bonchev–Trinajstić information content (AvgIpc) is 3.55. The molecule has 1 unspecified atom stereocenters. The minimum atomic E-state index is -0.988. The molecule has 2 aliphatic heterocycles. The smallest absolute Gasteiger partial charge is 0.270 e. The van der Waals surface area contributed by atoms with Crippen molar-refractivity contribution in [2.75, 3.05) is 36.5 Å². The summed E-state index contributed by atoms with van der Waals surface area (Å²) in [5.41, 5.74) is 1.86. The topological polar surface area (TPSA) is 137 Å². The molecule has 2 fully saturated rings. The van der Waals surface area contributed by atoms with Crippen LogP contribution in [0.2, 0.25) is 0 Å². The molecule has 1 saturated heterocycles. The maximum Gasteiger partial charge on any atom is 0.270 e. The number of aliphatic hydroxyl groups is 2. The van der Waals surface area contributed by atoms with E-state index in [1.807, 2.05) is 6.07 Å². The molecule has 10 nitrogen and oxygen atoms in total. The first-order valence-electron chi connectivity index (χ1n) is 11.3. The summed E-state index contributed by atoms with van der Waals surface area (Å²) in [6.07, 6.45) is 3.37. The Hall–Kier alpha value is -3.24. The monoisotopic (exact) mass is 453 g/mol. The highest BCUT2D eigenvalue weighted by Gasteiger charge is 2.43. The van der Waals surface area contributed by atoms with Crippen LogP contribution >= 0.6 is 0 Å². The van der Waals surface area contributed by atoms with E-state index in [9.17, 15) is 14.7 Å². The molecule has 1 aliphatic carbocycles. The van der Waals surface area contributed by atoms with E-state index in [2.05, 4.69) is 25.5 Å². The quantitative estimate of drug-likeness (QED) is 0.458. The maximum absolute atomic E-state index is 13.4. The van der Waals surface area contributed by atoms with E-state index in [4.69, 9.17) is 9.84 Å². The zero-order valence-corrected chi connectivity index (χ0v) is 18.1. The Morgan fingerprint density at radius 1 is 1.24 bits per heavy atom. The summed E-state index contributed by atoms with van der Waals surface area (Å²) in [6.45, 7) is 1.15. The summed E-state index contributed by atoms with van der Waals surface area (Å²) >= 11 is 0. The minimum Gasteiger partial charge on any atom is -0.491 e. The van der Waals surface area contributed by atoms with E-state index >= 15 is 0 Å². The number of anilines is 2. The van der Waals surface area contributed by atoms with Crippen LogP contribution in [-0.2, 0) is 4.79 Å². The van der Waals surface area contributed by atoms with Crippen LogP contribution < -0.4 is 20.3 Å². The molecule has 3 atom stereocenters. The van der Waals surface area contributed by atoms with Gasteiger partial charge in [-0.3, -0.25) is 9.59 Å². The fraction of sp³-hybridized carbons (Fsp3) is 0.478. The Balaban J connectivity index is 1.36. The highest BCUT2D eigenvalue weighted by atomic mass is 16.5. The summed E-state index contributed by atoms with van der Waals surface area (Å²) in [5.74, 6) is -0.0819. The van der Waals surface area contributed by atoms with Gasteiger partial charge in [0.2, 0.25) is 5.91 Å². The molecule has 5 rings (SSSR count). The van der Waals surface area contributed by atoms with Crippen molar-refractivity contribution in [2.24, 2.45) is 5.92 Å². The van der Waals surface area contributed by atoms with Gasteiger partial charge in [-0.15, -0.1) is 0 Å². The molecule has 3 aliphatic rings. The summed E-state index contributed by atoms with van der Waals surface area (Å²) < 4.78 is 5.45. The minimum absolute atomic E-state index is 0.0720. The Labute approximate surface area is 191 Å². The van der Waals surface area contributed by atoms with Crippen LogP contribution in [0.15, 0.2) is 30.5 Å². The molecular weight excluding hydrogens is 426 g/mol. The number of rotatable bonds is 8. The lowest BCUT2D eigenvalue weighted by atomic mass is 9.85. The van der Waals surface area contributed by atoms with E-state index in [1.54, 1.807) is 18.2 Å².